The summed E-state index contributed by atoms with van der Waals surface area (Å²) in [4.78, 5) is 0. The van der Waals surface area contributed by atoms with Crippen LogP contribution in [0.2, 0.25) is 0 Å². The monoisotopic (exact) mass is 185 g/mol. The quantitative estimate of drug-likeness (QED) is 0.715. The topological polar surface area (TPSA) is 35.2 Å². The molecule has 2 nitrogen and oxygen atoms in total. The number of ether oxygens (including phenoxy) is 1. The maximum Gasteiger partial charge on any atom is 0.0582 e. The van der Waals surface area contributed by atoms with Crippen LogP contribution in [0.25, 0.3) is 0 Å². The van der Waals surface area contributed by atoms with E-state index in [0.29, 0.717) is 11.5 Å². The van der Waals surface area contributed by atoms with Gasteiger partial charge in [-0.25, -0.2) is 0 Å². The third-order valence-electron chi connectivity index (χ3n) is 3.23. The molecule has 0 heterocycles. The summed E-state index contributed by atoms with van der Waals surface area (Å²) in [6.45, 7) is 7.68. The smallest absolute Gasteiger partial charge is 0.0582 e. The third kappa shape index (κ3) is 2.68. The van der Waals surface area contributed by atoms with Crippen molar-refractivity contribution in [2.45, 2.75) is 46.1 Å². The Hall–Kier alpha value is -0.0800. The minimum Gasteiger partial charge on any atom is -0.381 e. The van der Waals surface area contributed by atoms with Gasteiger partial charge in [-0.05, 0) is 36.6 Å². The van der Waals surface area contributed by atoms with Crippen molar-refractivity contribution in [3.63, 3.8) is 0 Å². The fourth-order valence-corrected chi connectivity index (χ4v) is 2.86. The van der Waals surface area contributed by atoms with Gasteiger partial charge in [0.25, 0.3) is 0 Å². The van der Waals surface area contributed by atoms with Crippen LogP contribution in [0.1, 0.15) is 40.0 Å². The molecule has 0 bridgehead atoms. The molecular weight excluding hydrogens is 162 g/mol. The molecule has 2 unspecified atom stereocenters. The molecular formula is C11H23NO. The summed E-state index contributed by atoms with van der Waals surface area (Å²) in [6, 6.07) is 0. The zero-order chi connectivity index (χ0) is 10.1. The zero-order valence-corrected chi connectivity index (χ0v) is 9.39. The SMILES string of the molecule is COC1CC(C)(C)CC(C)(CN)C1. The van der Waals surface area contributed by atoms with E-state index in [1.54, 1.807) is 0 Å². The van der Waals surface area contributed by atoms with E-state index in [0.717, 1.165) is 13.0 Å². The molecule has 0 aliphatic heterocycles. The summed E-state index contributed by atoms with van der Waals surface area (Å²) in [5.74, 6) is 0. The molecule has 0 amide bonds. The average Bonchev–Trinajstić information content (AvgIpc) is 2.01. The first kappa shape index (κ1) is 11.0. The van der Waals surface area contributed by atoms with Crippen LogP contribution >= 0.6 is 0 Å². The van der Waals surface area contributed by atoms with E-state index in [-0.39, 0.29) is 5.41 Å². The first-order valence-electron chi connectivity index (χ1n) is 5.14. The lowest BCUT2D eigenvalue weighted by molar-refractivity contribution is -0.0302. The fourth-order valence-electron chi connectivity index (χ4n) is 2.86. The van der Waals surface area contributed by atoms with Crippen molar-refractivity contribution >= 4 is 0 Å². The largest absolute Gasteiger partial charge is 0.381 e. The minimum atomic E-state index is 0.280. The second kappa shape index (κ2) is 3.58. The van der Waals surface area contributed by atoms with E-state index >= 15 is 0 Å². The van der Waals surface area contributed by atoms with Crippen LogP contribution in [-0.4, -0.2) is 19.8 Å². The van der Waals surface area contributed by atoms with Crippen molar-refractivity contribution in [2.24, 2.45) is 16.6 Å². The molecule has 2 heteroatoms. The lowest BCUT2D eigenvalue weighted by Crippen LogP contribution is -2.43. The molecule has 1 aliphatic rings. The number of hydrogen-bond donors (Lipinski definition) is 1. The van der Waals surface area contributed by atoms with Crippen molar-refractivity contribution in [1.82, 2.24) is 0 Å². The van der Waals surface area contributed by atoms with Crippen LogP contribution in [0.4, 0.5) is 0 Å². The zero-order valence-electron chi connectivity index (χ0n) is 9.39. The lowest BCUT2D eigenvalue weighted by Gasteiger charge is -2.45. The van der Waals surface area contributed by atoms with Gasteiger partial charge in [0.15, 0.2) is 0 Å². The normalized spacial score (nSPS) is 39.0. The van der Waals surface area contributed by atoms with Crippen LogP contribution in [0, 0.1) is 10.8 Å². The van der Waals surface area contributed by atoms with Gasteiger partial charge in [0.2, 0.25) is 0 Å². The second-order valence-electron chi connectivity index (χ2n) is 5.62. The van der Waals surface area contributed by atoms with Gasteiger partial charge >= 0.3 is 0 Å². The first-order chi connectivity index (χ1) is 5.91. The number of hydrogen-bond acceptors (Lipinski definition) is 2. The van der Waals surface area contributed by atoms with Gasteiger partial charge in [0, 0.05) is 7.11 Å². The van der Waals surface area contributed by atoms with Gasteiger partial charge in [-0.15, -0.1) is 0 Å². The highest BCUT2D eigenvalue weighted by Crippen LogP contribution is 2.46. The summed E-state index contributed by atoms with van der Waals surface area (Å²) in [5, 5.41) is 0. The van der Waals surface area contributed by atoms with Crippen LogP contribution in [0.5, 0.6) is 0 Å². The van der Waals surface area contributed by atoms with E-state index < -0.39 is 0 Å². The average molecular weight is 185 g/mol. The van der Waals surface area contributed by atoms with Crippen molar-refractivity contribution in [3.05, 3.63) is 0 Å². The van der Waals surface area contributed by atoms with Gasteiger partial charge in [-0.2, -0.15) is 0 Å². The highest BCUT2D eigenvalue weighted by atomic mass is 16.5. The van der Waals surface area contributed by atoms with Crippen molar-refractivity contribution < 1.29 is 4.74 Å². The van der Waals surface area contributed by atoms with E-state index in [1.807, 2.05) is 7.11 Å². The lowest BCUT2D eigenvalue weighted by atomic mass is 9.63. The van der Waals surface area contributed by atoms with Gasteiger partial charge in [0.05, 0.1) is 6.10 Å². The Bertz CT molecular complexity index is 179. The Morgan fingerprint density at radius 2 is 1.92 bits per heavy atom. The molecule has 0 aromatic heterocycles. The Morgan fingerprint density at radius 3 is 2.38 bits per heavy atom. The van der Waals surface area contributed by atoms with Crippen LogP contribution < -0.4 is 5.73 Å². The molecule has 0 aromatic carbocycles. The third-order valence-corrected chi connectivity index (χ3v) is 3.23. The Morgan fingerprint density at radius 1 is 1.31 bits per heavy atom. The van der Waals surface area contributed by atoms with Crippen molar-refractivity contribution in [2.75, 3.05) is 13.7 Å². The molecule has 2 atom stereocenters. The molecule has 1 rings (SSSR count). The molecule has 0 radical (unpaired) electrons. The van der Waals surface area contributed by atoms with Gasteiger partial charge in [-0.1, -0.05) is 20.8 Å². The Labute approximate surface area is 81.8 Å². The number of nitrogens with two attached hydrogens (primary N) is 1. The van der Waals surface area contributed by atoms with E-state index in [2.05, 4.69) is 20.8 Å². The molecule has 1 saturated carbocycles. The molecule has 0 saturated heterocycles. The maximum absolute atomic E-state index is 5.82. The maximum atomic E-state index is 5.82. The summed E-state index contributed by atoms with van der Waals surface area (Å²) in [6.07, 6.45) is 3.90. The molecule has 78 valence electrons. The van der Waals surface area contributed by atoms with Crippen molar-refractivity contribution in [3.8, 4) is 0 Å². The fraction of sp³-hybridized carbons (Fsp3) is 1.00. The summed E-state index contributed by atoms with van der Waals surface area (Å²) in [5.41, 5.74) is 6.48. The minimum absolute atomic E-state index is 0.280. The highest BCUT2D eigenvalue weighted by molar-refractivity contribution is 4.92. The Balaban J connectivity index is 2.71. The predicted octanol–water partition coefficient (Wildman–Crippen LogP) is 2.18. The van der Waals surface area contributed by atoms with Crippen LogP contribution in [-0.2, 0) is 4.74 Å². The predicted molar refractivity (Wildman–Crippen MR) is 55.6 cm³/mol. The Kier molecular flexibility index (Phi) is 3.03. The van der Waals surface area contributed by atoms with Gasteiger partial charge < -0.3 is 10.5 Å². The molecule has 13 heavy (non-hydrogen) atoms. The molecule has 2 N–H and O–H groups in total. The summed E-state index contributed by atoms with van der Waals surface area (Å²) < 4.78 is 5.47. The summed E-state index contributed by atoms with van der Waals surface area (Å²) >= 11 is 0. The van der Waals surface area contributed by atoms with E-state index in [4.69, 9.17) is 10.5 Å². The molecule has 0 spiro atoms. The van der Waals surface area contributed by atoms with Crippen molar-refractivity contribution in [1.29, 1.82) is 0 Å². The molecule has 1 fully saturated rings. The molecule has 1 aliphatic carbocycles. The molecule has 0 aromatic rings. The van der Waals surface area contributed by atoms with Crippen LogP contribution in [0.15, 0.2) is 0 Å². The summed E-state index contributed by atoms with van der Waals surface area (Å²) in [7, 11) is 1.81. The highest BCUT2D eigenvalue weighted by Gasteiger charge is 2.40. The second-order valence-corrected chi connectivity index (χ2v) is 5.62. The van der Waals surface area contributed by atoms with E-state index in [1.165, 1.54) is 12.8 Å². The first-order valence-corrected chi connectivity index (χ1v) is 5.14. The van der Waals surface area contributed by atoms with Crippen LogP contribution in [0.3, 0.4) is 0 Å². The van der Waals surface area contributed by atoms with Gasteiger partial charge in [0.1, 0.15) is 0 Å². The van der Waals surface area contributed by atoms with Gasteiger partial charge in [-0.3, -0.25) is 0 Å². The number of rotatable bonds is 2. The number of methoxy groups -OCH3 is 1. The van der Waals surface area contributed by atoms with E-state index in [9.17, 15) is 0 Å². The standard InChI is InChI=1S/C11H23NO/c1-10(2)5-9(13-4)6-11(3,7-10)8-12/h9H,5-8,12H2,1-4H3.